The molecule has 3 rings (SSSR count). The molecule has 126 valence electrons. The number of nitrogens with two attached hydrogens (primary N) is 1. The molecule has 1 aliphatic rings. The average molecular weight is 323 g/mol. The van der Waals surface area contributed by atoms with Gasteiger partial charge in [-0.05, 0) is 35.7 Å². The number of fused-ring (bicyclic) bond motifs is 1. The van der Waals surface area contributed by atoms with E-state index >= 15 is 0 Å². The van der Waals surface area contributed by atoms with Crippen molar-refractivity contribution in [3.8, 4) is 0 Å². The number of benzene rings is 2. The minimum atomic E-state index is 0.0931. The Balaban J connectivity index is 1.93. The Bertz CT molecular complexity index is 711. The maximum atomic E-state index is 13.1. The third-order valence-electron chi connectivity index (χ3n) is 4.84. The van der Waals surface area contributed by atoms with Crippen LogP contribution in [0.1, 0.15) is 34.8 Å². The van der Waals surface area contributed by atoms with Crippen molar-refractivity contribution in [1.82, 2.24) is 4.90 Å². The van der Waals surface area contributed by atoms with Gasteiger partial charge in [-0.25, -0.2) is 0 Å². The normalized spacial score (nSPS) is 17.4. The lowest BCUT2D eigenvalue weighted by molar-refractivity contribution is 0.0667. The maximum Gasteiger partial charge on any atom is 0.254 e. The van der Waals surface area contributed by atoms with E-state index in [1.165, 1.54) is 11.3 Å². The van der Waals surface area contributed by atoms with Crippen LogP contribution in [0.2, 0.25) is 0 Å². The summed E-state index contributed by atoms with van der Waals surface area (Å²) in [5, 5.41) is 0. The van der Waals surface area contributed by atoms with Crippen molar-refractivity contribution in [3.05, 3.63) is 65.2 Å². The van der Waals surface area contributed by atoms with Crippen LogP contribution in [0, 0.1) is 0 Å². The Morgan fingerprint density at radius 1 is 1.17 bits per heavy atom. The van der Waals surface area contributed by atoms with Crippen LogP contribution in [-0.4, -0.2) is 30.4 Å². The van der Waals surface area contributed by atoms with E-state index in [-0.39, 0.29) is 11.9 Å². The molecule has 1 unspecified atom stereocenters. The number of para-hydroxylation sites is 1. The zero-order valence-corrected chi connectivity index (χ0v) is 14.4. The number of rotatable bonds is 3. The lowest BCUT2D eigenvalue weighted by atomic mass is 10.1. The van der Waals surface area contributed by atoms with Crippen LogP contribution in [0.15, 0.2) is 48.5 Å². The van der Waals surface area contributed by atoms with E-state index in [9.17, 15) is 4.79 Å². The van der Waals surface area contributed by atoms with Gasteiger partial charge in [0.2, 0.25) is 0 Å². The zero-order valence-electron chi connectivity index (χ0n) is 14.4. The molecule has 0 radical (unpaired) electrons. The molecule has 2 aromatic carbocycles. The van der Waals surface area contributed by atoms with Crippen molar-refractivity contribution in [1.29, 1.82) is 0 Å². The second-order valence-corrected chi connectivity index (χ2v) is 6.41. The predicted octanol–water partition coefficient (Wildman–Crippen LogP) is 3.02. The largest absolute Gasteiger partial charge is 0.372 e. The number of amides is 1. The highest BCUT2D eigenvalue weighted by Crippen LogP contribution is 2.28. The van der Waals surface area contributed by atoms with Crippen LogP contribution >= 0.6 is 0 Å². The summed E-state index contributed by atoms with van der Waals surface area (Å²) in [7, 11) is 2.10. The first kappa shape index (κ1) is 16.5. The number of likely N-dealkylation sites (N-methyl/N-ethyl adjacent to an activating group) is 1. The second-order valence-electron chi connectivity index (χ2n) is 6.41. The van der Waals surface area contributed by atoms with Gasteiger partial charge >= 0.3 is 0 Å². The van der Waals surface area contributed by atoms with Gasteiger partial charge < -0.3 is 15.5 Å². The average Bonchev–Trinajstić information content (AvgIpc) is 2.78. The van der Waals surface area contributed by atoms with E-state index in [0.717, 1.165) is 24.1 Å². The molecule has 1 atom stereocenters. The molecular formula is C20H25N3O. The molecular weight excluding hydrogens is 298 g/mol. The van der Waals surface area contributed by atoms with E-state index in [0.29, 0.717) is 13.1 Å². The first-order valence-corrected chi connectivity index (χ1v) is 8.53. The van der Waals surface area contributed by atoms with Gasteiger partial charge in [-0.3, -0.25) is 4.79 Å². The Morgan fingerprint density at radius 3 is 2.54 bits per heavy atom. The van der Waals surface area contributed by atoms with Crippen LogP contribution in [0.25, 0.3) is 0 Å². The van der Waals surface area contributed by atoms with Gasteiger partial charge in [0.15, 0.2) is 0 Å². The summed E-state index contributed by atoms with van der Waals surface area (Å²) >= 11 is 0. The van der Waals surface area contributed by atoms with Crippen molar-refractivity contribution in [2.45, 2.75) is 32.5 Å². The highest BCUT2D eigenvalue weighted by molar-refractivity contribution is 5.94. The van der Waals surface area contributed by atoms with Gasteiger partial charge in [0.25, 0.3) is 5.91 Å². The Kier molecular flexibility index (Phi) is 4.86. The minimum Gasteiger partial charge on any atom is -0.372 e. The van der Waals surface area contributed by atoms with Crippen molar-refractivity contribution in [2.24, 2.45) is 5.73 Å². The van der Waals surface area contributed by atoms with Crippen LogP contribution in [0.5, 0.6) is 0 Å². The third-order valence-corrected chi connectivity index (χ3v) is 4.84. The van der Waals surface area contributed by atoms with Crippen LogP contribution < -0.4 is 10.6 Å². The third kappa shape index (κ3) is 3.15. The lowest BCUT2D eigenvalue weighted by Crippen LogP contribution is -2.43. The molecule has 0 bridgehead atoms. The predicted molar refractivity (Wildman–Crippen MR) is 98.0 cm³/mol. The fraction of sp³-hybridized carbons (Fsp3) is 0.350. The quantitative estimate of drug-likeness (QED) is 0.944. The molecule has 0 aliphatic carbocycles. The highest BCUT2D eigenvalue weighted by Gasteiger charge is 2.29. The molecule has 1 amide bonds. The summed E-state index contributed by atoms with van der Waals surface area (Å²) in [5.41, 5.74) is 9.83. The zero-order chi connectivity index (χ0) is 17.1. The summed E-state index contributed by atoms with van der Waals surface area (Å²) in [6, 6.07) is 16.2. The molecule has 2 aromatic rings. The number of anilines is 1. The SMILES string of the molecule is CCC1CN(C)c2ccccc2CN1C(=O)c1ccc(CN)cc1. The monoisotopic (exact) mass is 323 g/mol. The molecule has 0 saturated heterocycles. The Labute approximate surface area is 143 Å². The van der Waals surface area contributed by atoms with Crippen molar-refractivity contribution in [2.75, 3.05) is 18.5 Å². The smallest absolute Gasteiger partial charge is 0.254 e. The molecule has 24 heavy (non-hydrogen) atoms. The van der Waals surface area contributed by atoms with Crippen LogP contribution in [0.3, 0.4) is 0 Å². The summed E-state index contributed by atoms with van der Waals surface area (Å²) in [5.74, 6) is 0.0931. The highest BCUT2D eigenvalue weighted by atomic mass is 16.2. The van der Waals surface area contributed by atoms with Gasteiger partial charge in [-0.2, -0.15) is 0 Å². The van der Waals surface area contributed by atoms with Crippen LogP contribution in [0.4, 0.5) is 5.69 Å². The van der Waals surface area contributed by atoms with E-state index in [4.69, 9.17) is 5.73 Å². The number of carbonyl (C=O) groups excluding carboxylic acids is 1. The van der Waals surface area contributed by atoms with E-state index in [1.54, 1.807) is 0 Å². The number of hydrogen-bond donors (Lipinski definition) is 1. The Morgan fingerprint density at radius 2 is 1.88 bits per heavy atom. The first-order valence-electron chi connectivity index (χ1n) is 8.53. The van der Waals surface area contributed by atoms with Crippen molar-refractivity contribution in [3.63, 3.8) is 0 Å². The molecule has 0 fully saturated rings. The fourth-order valence-corrected chi connectivity index (χ4v) is 3.38. The van der Waals surface area contributed by atoms with Gasteiger partial charge in [-0.1, -0.05) is 37.3 Å². The maximum absolute atomic E-state index is 13.1. The molecule has 4 heteroatoms. The molecule has 4 nitrogen and oxygen atoms in total. The van der Waals surface area contributed by atoms with E-state index in [1.807, 2.05) is 35.2 Å². The minimum absolute atomic E-state index is 0.0931. The summed E-state index contributed by atoms with van der Waals surface area (Å²) < 4.78 is 0. The summed E-state index contributed by atoms with van der Waals surface area (Å²) in [4.78, 5) is 17.4. The van der Waals surface area contributed by atoms with Crippen LogP contribution in [-0.2, 0) is 13.1 Å². The summed E-state index contributed by atoms with van der Waals surface area (Å²) in [6.07, 6.45) is 0.935. The first-order chi connectivity index (χ1) is 11.6. The second kappa shape index (κ2) is 7.05. The van der Waals surface area contributed by atoms with Gasteiger partial charge in [0.05, 0.1) is 0 Å². The van der Waals surface area contributed by atoms with Gasteiger partial charge in [0.1, 0.15) is 0 Å². The van der Waals surface area contributed by atoms with E-state index in [2.05, 4.69) is 37.1 Å². The molecule has 1 heterocycles. The molecule has 1 aliphatic heterocycles. The Hall–Kier alpha value is -2.33. The number of hydrogen-bond acceptors (Lipinski definition) is 3. The molecule has 0 saturated carbocycles. The van der Waals surface area contributed by atoms with Crippen molar-refractivity contribution >= 4 is 11.6 Å². The van der Waals surface area contributed by atoms with Crippen molar-refractivity contribution < 1.29 is 4.79 Å². The summed E-state index contributed by atoms with van der Waals surface area (Å²) in [6.45, 7) is 4.14. The molecule has 0 aromatic heterocycles. The fourth-order valence-electron chi connectivity index (χ4n) is 3.38. The topological polar surface area (TPSA) is 49.6 Å². The molecule has 2 N–H and O–H groups in total. The number of carbonyl (C=O) groups is 1. The standard InChI is InChI=1S/C20H25N3O/c1-3-18-14-22(2)19-7-5-4-6-17(19)13-23(18)20(24)16-10-8-15(12-21)9-11-16/h4-11,18H,3,12-14,21H2,1-2H3. The number of nitrogens with zero attached hydrogens (tertiary/aromatic N) is 2. The van der Waals surface area contributed by atoms with Gasteiger partial charge in [-0.15, -0.1) is 0 Å². The van der Waals surface area contributed by atoms with Gasteiger partial charge in [0, 0.05) is 44.0 Å². The lowest BCUT2D eigenvalue weighted by Gasteiger charge is -2.30. The van der Waals surface area contributed by atoms with E-state index < -0.39 is 0 Å². The molecule has 0 spiro atoms.